The van der Waals surface area contributed by atoms with Crippen molar-refractivity contribution in [2.45, 2.75) is 13.1 Å². The van der Waals surface area contributed by atoms with E-state index in [2.05, 4.69) is 10.3 Å². The van der Waals surface area contributed by atoms with E-state index in [0.29, 0.717) is 19.0 Å². The molecule has 2 aromatic carbocycles. The maximum atomic E-state index is 13.7. The Balaban J connectivity index is 0.00000312. The van der Waals surface area contributed by atoms with Gasteiger partial charge in [-0.15, -0.1) is 24.0 Å². The van der Waals surface area contributed by atoms with Gasteiger partial charge in [-0.25, -0.2) is 8.78 Å². The Hall–Kier alpha value is -1.90. The highest BCUT2D eigenvalue weighted by molar-refractivity contribution is 14.0. The van der Waals surface area contributed by atoms with Gasteiger partial charge in [0.15, 0.2) is 17.5 Å². The van der Waals surface area contributed by atoms with E-state index in [1.807, 2.05) is 18.0 Å². The molecule has 0 aromatic heterocycles. The summed E-state index contributed by atoms with van der Waals surface area (Å²) in [7, 11) is 4.95. The van der Waals surface area contributed by atoms with Crippen molar-refractivity contribution >= 4 is 29.9 Å². The molecule has 2 rings (SSSR count). The Morgan fingerprint density at radius 3 is 2.52 bits per heavy atom. The number of ether oxygens (including phenoxy) is 1. The number of aliphatic imine (C=N–C) groups is 1. The molecule has 0 aliphatic heterocycles. The molecule has 0 unspecified atom stereocenters. The minimum absolute atomic E-state index is 0. The highest BCUT2D eigenvalue weighted by Crippen LogP contribution is 2.17. The summed E-state index contributed by atoms with van der Waals surface area (Å²) in [5.41, 5.74) is 1.62. The summed E-state index contributed by atoms with van der Waals surface area (Å²) < 4.78 is 31.9. The number of halogens is 3. The van der Waals surface area contributed by atoms with Crippen molar-refractivity contribution in [2.75, 3.05) is 21.2 Å². The first-order valence-corrected chi connectivity index (χ1v) is 7.52. The number of hydrogen-bond donors (Lipinski definition) is 1. The van der Waals surface area contributed by atoms with E-state index in [9.17, 15) is 8.78 Å². The topological polar surface area (TPSA) is 36.9 Å². The molecular formula is C18H22F2IN3O. The van der Waals surface area contributed by atoms with Crippen LogP contribution in [0.15, 0.2) is 47.5 Å². The van der Waals surface area contributed by atoms with Crippen LogP contribution in [-0.2, 0) is 13.1 Å². The number of guanidine groups is 1. The van der Waals surface area contributed by atoms with Crippen LogP contribution in [0.1, 0.15) is 11.1 Å². The number of nitrogens with zero attached hydrogens (tertiary/aromatic N) is 2. The molecule has 136 valence electrons. The van der Waals surface area contributed by atoms with Gasteiger partial charge in [0.1, 0.15) is 5.82 Å². The van der Waals surface area contributed by atoms with Gasteiger partial charge < -0.3 is 15.0 Å². The standard InChI is InChI=1S/C18H21F2N3O.HI/c1-21-18(23(2)12-14-5-4-6-15(19)9-14)22-11-13-7-8-17(24-3)16(20)10-13;/h4-10H,11-12H2,1-3H3,(H,21,22);1H. The molecule has 0 fully saturated rings. The van der Waals surface area contributed by atoms with Crippen molar-refractivity contribution in [2.24, 2.45) is 4.99 Å². The summed E-state index contributed by atoms with van der Waals surface area (Å²) in [4.78, 5) is 6.07. The van der Waals surface area contributed by atoms with Gasteiger partial charge in [0, 0.05) is 27.2 Å². The summed E-state index contributed by atoms with van der Waals surface area (Å²) in [5.74, 6) is 0.180. The molecule has 1 N–H and O–H groups in total. The molecular weight excluding hydrogens is 439 g/mol. The van der Waals surface area contributed by atoms with Gasteiger partial charge in [-0.05, 0) is 35.4 Å². The molecule has 0 heterocycles. The van der Waals surface area contributed by atoms with Gasteiger partial charge in [0.05, 0.1) is 7.11 Å². The summed E-state index contributed by atoms with van der Waals surface area (Å²) in [6.07, 6.45) is 0. The molecule has 0 spiro atoms. The smallest absolute Gasteiger partial charge is 0.193 e. The third-order valence-corrected chi connectivity index (χ3v) is 3.55. The molecule has 0 amide bonds. The number of rotatable bonds is 5. The molecule has 0 saturated heterocycles. The molecule has 0 saturated carbocycles. The second kappa shape index (κ2) is 10.2. The minimum Gasteiger partial charge on any atom is -0.494 e. The second-order valence-electron chi connectivity index (χ2n) is 5.36. The molecule has 7 heteroatoms. The Bertz CT molecular complexity index is 725. The molecule has 0 radical (unpaired) electrons. The summed E-state index contributed by atoms with van der Waals surface area (Å²) >= 11 is 0. The molecule has 0 atom stereocenters. The van der Waals surface area contributed by atoms with Crippen molar-refractivity contribution in [3.63, 3.8) is 0 Å². The van der Waals surface area contributed by atoms with Crippen molar-refractivity contribution in [1.29, 1.82) is 0 Å². The van der Waals surface area contributed by atoms with Gasteiger partial charge in [0.2, 0.25) is 0 Å². The van der Waals surface area contributed by atoms with Gasteiger partial charge in [-0.2, -0.15) is 0 Å². The van der Waals surface area contributed by atoms with Crippen LogP contribution in [0, 0.1) is 11.6 Å². The zero-order valence-electron chi connectivity index (χ0n) is 14.4. The molecule has 4 nitrogen and oxygen atoms in total. The van der Waals surface area contributed by atoms with E-state index in [4.69, 9.17) is 4.74 Å². The number of nitrogens with one attached hydrogen (secondary N) is 1. The van der Waals surface area contributed by atoms with E-state index in [-0.39, 0.29) is 35.5 Å². The lowest BCUT2D eigenvalue weighted by molar-refractivity contribution is 0.386. The van der Waals surface area contributed by atoms with Crippen molar-refractivity contribution in [3.8, 4) is 5.75 Å². The summed E-state index contributed by atoms with van der Waals surface area (Å²) in [6.45, 7) is 0.926. The van der Waals surface area contributed by atoms with Crippen LogP contribution < -0.4 is 10.1 Å². The van der Waals surface area contributed by atoms with E-state index in [1.165, 1.54) is 25.3 Å². The highest BCUT2D eigenvalue weighted by Gasteiger charge is 2.08. The van der Waals surface area contributed by atoms with Crippen molar-refractivity contribution in [1.82, 2.24) is 10.2 Å². The molecule has 0 bridgehead atoms. The van der Waals surface area contributed by atoms with Crippen LogP contribution in [0.25, 0.3) is 0 Å². The average molecular weight is 461 g/mol. The molecule has 0 aliphatic carbocycles. The van der Waals surface area contributed by atoms with E-state index < -0.39 is 5.82 Å². The zero-order valence-corrected chi connectivity index (χ0v) is 16.8. The largest absolute Gasteiger partial charge is 0.494 e. The lowest BCUT2D eigenvalue weighted by Crippen LogP contribution is -2.38. The Morgan fingerprint density at radius 1 is 1.16 bits per heavy atom. The van der Waals surface area contributed by atoms with Crippen LogP contribution in [0.4, 0.5) is 8.78 Å². The third kappa shape index (κ3) is 6.15. The first-order valence-electron chi connectivity index (χ1n) is 7.52. The SMILES string of the molecule is CN=C(NCc1ccc(OC)c(F)c1)N(C)Cc1cccc(F)c1.I. The van der Waals surface area contributed by atoms with Crippen LogP contribution in [-0.4, -0.2) is 32.1 Å². The van der Waals surface area contributed by atoms with Crippen LogP contribution in [0.3, 0.4) is 0 Å². The average Bonchev–Trinajstić information content (AvgIpc) is 2.55. The first-order chi connectivity index (χ1) is 11.5. The predicted molar refractivity (Wildman–Crippen MR) is 106 cm³/mol. The van der Waals surface area contributed by atoms with Crippen LogP contribution in [0.2, 0.25) is 0 Å². The number of methoxy groups -OCH3 is 1. The third-order valence-electron chi connectivity index (χ3n) is 3.55. The maximum Gasteiger partial charge on any atom is 0.193 e. The van der Waals surface area contributed by atoms with Crippen molar-refractivity contribution in [3.05, 3.63) is 65.2 Å². The maximum absolute atomic E-state index is 13.7. The fourth-order valence-corrected chi connectivity index (χ4v) is 2.37. The van der Waals surface area contributed by atoms with Gasteiger partial charge in [0.25, 0.3) is 0 Å². The first kappa shape index (κ1) is 21.1. The zero-order chi connectivity index (χ0) is 17.5. The second-order valence-corrected chi connectivity index (χ2v) is 5.36. The van der Waals surface area contributed by atoms with Gasteiger partial charge in [-0.1, -0.05) is 18.2 Å². The fraction of sp³-hybridized carbons (Fsp3) is 0.278. The monoisotopic (exact) mass is 461 g/mol. The Kier molecular flexibility index (Phi) is 8.60. The minimum atomic E-state index is -0.403. The van der Waals surface area contributed by atoms with E-state index in [0.717, 1.165) is 11.1 Å². The summed E-state index contributed by atoms with van der Waals surface area (Å²) in [5, 5.41) is 3.16. The molecule has 2 aromatic rings. The van der Waals surface area contributed by atoms with Gasteiger partial charge >= 0.3 is 0 Å². The number of benzene rings is 2. The normalized spacial score (nSPS) is 10.8. The fourth-order valence-electron chi connectivity index (χ4n) is 2.37. The van der Waals surface area contributed by atoms with E-state index in [1.54, 1.807) is 25.2 Å². The number of hydrogen-bond acceptors (Lipinski definition) is 2. The molecule has 0 aliphatic rings. The summed E-state index contributed by atoms with van der Waals surface area (Å²) in [6, 6.07) is 11.2. The lowest BCUT2D eigenvalue weighted by Gasteiger charge is -2.22. The molecule has 25 heavy (non-hydrogen) atoms. The Labute approximate surface area is 163 Å². The Morgan fingerprint density at radius 2 is 1.92 bits per heavy atom. The van der Waals surface area contributed by atoms with Crippen LogP contribution >= 0.6 is 24.0 Å². The van der Waals surface area contributed by atoms with E-state index >= 15 is 0 Å². The highest BCUT2D eigenvalue weighted by atomic mass is 127. The quantitative estimate of drug-likeness (QED) is 0.418. The van der Waals surface area contributed by atoms with Gasteiger partial charge in [-0.3, -0.25) is 4.99 Å². The predicted octanol–water partition coefficient (Wildman–Crippen LogP) is 3.80. The van der Waals surface area contributed by atoms with Crippen LogP contribution in [0.5, 0.6) is 5.75 Å². The lowest BCUT2D eigenvalue weighted by atomic mass is 10.2. The van der Waals surface area contributed by atoms with Crippen molar-refractivity contribution < 1.29 is 13.5 Å².